The van der Waals surface area contributed by atoms with Crippen LogP contribution in [0.3, 0.4) is 0 Å². The molecule has 1 N–H and O–H groups in total. The fourth-order valence-electron chi connectivity index (χ4n) is 3.93. The van der Waals surface area contributed by atoms with E-state index in [0.29, 0.717) is 12.1 Å². The van der Waals surface area contributed by atoms with Gasteiger partial charge < -0.3 is 9.84 Å². The van der Waals surface area contributed by atoms with Crippen LogP contribution in [0.4, 0.5) is 10.1 Å². The fourth-order valence-corrected chi connectivity index (χ4v) is 3.93. The van der Waals surface area contributed by atoms with E-state index < -0.39 is 5.72 Å². The zero-order chi connectivity index (χ0) is 17.4. The van der Waals surface area contributed by atoms with Gasteiger partial charge in [-0.15, -0.1) is 0 Å². The Kier molecular flexibility index (Phi) is 3.96. The zero-order valence-electron chi connectivity index (χ0n) is 14.3. The van der Waals surface area contributed by atoms with Crippen molar-refractivity contribution in [2.24, 2.45) is 0 Å². The second kappa shape index (κ2) is 6.15. The Hall–Kier alpha value is -2.40. The van der Waals surface area contributed by atoms with E-state index in [0.717, 1.165) is 43.1 Å². The fraction of sp³-hybridized carbons (Fsp3) is 0.350. The minimum absolute atomic E-state index is 0.297. The van der Waals surface area contributed by atoms with Gasteiger partial charge in [-0.2, -0.15) is 0 Å². The number of para-hydroxylation sites is 2. The van der Waals surface area contributed by atoms with E-state index in [1.165, 1.54) is 12.1 Å². The number of hydrogen-bond acceptors (Lipinski definition) is 3. The molecule has 0 bridgehead atoms. The monoisotopic (exact) mass is 341 g/mol. The van der Waals surface area contributed by atoms with Crippen molar-refractivity contribution in [2.45, 2.75) is 25.0 Å². The summed E-state index contributed by atoms with van der Waals surface area (Å²) in [6, 6.07) is 14.0. The summed E-state index contributed by atoms with van der Waals surface area (Å²) in [7, 11) is 1.66. The number of anilines is 1. The summed E-state index contributed by atoms with van der Waals surface area (Å²) >= 11 is 0. The van der Waals surface area contributed by atoms with Gasteiger partial charge in [0.2, 0.25) is 0 Å². The van der Waals surface area contributed by atoms with Crippen LogP contribution in [0.1, 0.15) is 24.8 Å². The molecule has 1 atom stereocenters. The van der Waals surface area contributed by atoms with Gasteiger partial charge in [0, 0.05) is 12.0 Å². The highest BCUT2D eigenvalue weighted by Gasteiger charge is 2.53. The minimum Gasteiger partial charge on any atom is -0.492 e. The molecule has 2 aliphatic heterocycles. The summed E-state index contributed by atoms with van der Waals surface area (Å²) in [5.74, 6) is 1.58. The summed E-state index contributed by atoms with van der Waals surface area (Å²) in [5.41, 5.74) is 0.500. The SMILES string of the molecule is COc1ccccc1N1C[C@](O)(c2ccc(F)cc2)[N+]2=C1CCCC2. The number of ether oxygens (including phenoxy) is 1. The predicted octanol–water partition coefficient (Wildman–Crippen LogP) is 3.09. The number of halogens is 1. The smallest absolute Gasteiger partial charge is 0.271 e. The highest BCUT2D eigenvalue weighted by molar-refractivity contribution is 5.97. The van der Waals surface area contributed by atoms with Crippen LogP contribution in [0.2, 0.25) is 0 Å². The number of hydrogen-bond donors (Lipinski definition) is 1. The predicted molar refractivity (Wildman–Crippen MR) is 94.6 cm³/mol. The molecule has 2 aromatic carbocycles. The number of rotatable bonds is 3. The lowest BCUT2D eigenvalue weighted by molar-refractivity contribution is -0.661. The maximum atomic E-state index is 13.3. The minimum atomic E-state index is -1.16. The van der Waals surface area contributed by atoms with Crippen molar-refractivity contribution < 1.29 is 18.8 Å². The molecule has 4 rings (SSSR count). The first kappa shape index (κ1) is 16.1. The lowest BCUT2D eigenvalue weighted by Gasteiger charge is -2.24. The molecule has 0 spiro atoms. The maximum Gasteiger partial charge on any atom is 0.271 e. The molecule has 25 heavy (non-hydrogen) atoms. The van der Waals surface area contributed by atoms with Crippen LogP contribution in [0.5, 0.6) is 5.75 Å². The van der Waals surface area contributed by atoms with Gasteiger partial charge in [0.25, 0.3) is 11.6 Å². The van der Waals surface area contributed by atoms with Crippen molar-refractivity contribution in [2.75, 3.05) is 25.1 Å². The lowest BCUT2D eigenvalue weighted by atomic mass is 10.0. The second-order valence-electron chi connectivity index (χ2n) is 6.61. The molecule has 0 aromatic heterocycles. The number of benzene rings is 2. The van der Waals surface area contributed by atoms with Gasteiger partial charge in [-0.05, 0) is 49.2 Å². The van der Waals surface area contributed by atoms with Gasteiger partial charge in [0.15, 0.2) is 18.0 Å². The molecule has 0 saturated carbocycles. The Bertz CT molecular complexity index is 819. The lowest BCUT2D eigenvalue weighted by Crippen LogP contribution is -2.41. The van der Waals surface area contributed by atoms with E-state index in [2.05, 4.69) is 9.48 Å². The molecule has 0 aliphatic carbocycles. The number of nitrogens with zero attached hydrogens (tertiary/aromatic N) is 2. The van der Waals surface area contributed by atoms with Crippen molar-refractivity contribution in [1.82, 2.24) is 0 Å². The molecule has 0 amide bonds. The van der Waals surface area contributed by atoms with Gasteiger partial charge in [0.1, 0.15) is 5.82 Å². The van der Waals surface area contributed by atoms with Crippen molar-refractivity contribution in [3.63, 3.8) is 0 Å². The third kappa shape index (κ3) is 2.59. The van der Waals surface area contributed by atoms with E-state index >= 15 is 0 Å². The first-order chi connectivity index (χ1) is 12.1. The standard InChI is InChI=1S/C20H22FN2O2/c1-25-18-7-3-2-6-17(18)22-14-20(24,15-9-11-16(21)12-10-15)23-13-5-4-8-19(22)23/h2-3,6-7,9-12,24H,4-5,8,13-14H2,1H3/q+1/t20-/m0/s1. The number of aliphatic hydroxyl groups is 1. The van der Waals surface area contributed by atoms with E-state index in [1.54, 1.807) is 19.2 Å². The molecule has 0 fully saturated rings. The number of amidine groups is 1. The van der Waals surface area contributed by atoms with Gasteiger partial charge in [-0.3, -0.25) is 0 Å². The molecular weight excluding hydrogens is 319 g/mol. The summed E-state index contributed by atoms with van der Waals surface area (Å²) in [5, 5.41) is 11.5. The van der Waals surface area contributed by atoms with Crippen molar-refractivity contribution >= 4 is 11.5 Å². The molecular formula is C20H22FN2O2+. The zero-order valence-corrected chi connectivity index (χ0v) is 14.3. The van der Waals surface area contributed by atoms with Crippen LogP contribution in [-0.4, -0.2) is 35.7 Å². The molecule has 130 valence electrons. The molecule has 0 saturated heterocycles. The largest absolute Gasteiger partial charge is 0.492 e. The first-order valence-electron chi connectivity index (χ1n) is 8.66. The molecule has 0 unspecified atom stereocenters. The van der Waals surface area contributed by atoms with Gasteiger partial charge in [0.05, 0.1) is 13.7 Å². The molecule has 4 nitrogen and oxygen atoms in total. The molecule has 5 heteroatoms. The normalized spacial score (nSPS) is 22.9. The van der Waals surface area contributed by atoms with Crippen molar-refractivity contribution in [3.8, 4) is 5.75 Å². The highest BCUT2D eigenvalue weighted by atomic mass is 19.1. The van der Waals surface area contributed by atoms with Gasteiger partial charge in [-0.25, -0.2) is 13.9 Å². The van der Waals surface area contributed by atoms with Crippen LogP contribution in [0.25, 0.3) is 0 Å². The topological polar surface area (TPSA) is 35.7 Å². The summed E-state index contributed by atoms with van der Waals surface area (Å²) < 4.78 is 20.9. The Morgan fingerprint density at radius 3 is 2.64 bits per heavy atom. The van der Waals surface area contributed by atoms with Crippen LogP contribution < -0.4 is 9.64 Å². The summed E-state index contributed by atoms with van der Waals surface area (Å²) in [4.78, 5) is 2.14. The molecule has 2 aromatic rings. The average molecular weight is 341 g/mol. The van der Waals surface area contributed by atoms with Crippen LogP contribution in [0.15, 0.2) is 48.5 Å². The third-order valence-corrected chi connectivity index (χ3v) is 5.16. The maximum absolute atomic E-state index is 13.3. The first-order valence-corrected chi connectivity index (χ1v) is 8.66. The van der Waals surface area contributed by atoms with Gasteiger partial charge in [-0.1, -0.05) is 12.1 Å². The summed E-state index contributed by atoms with van der Waals surface area (Å²) in [6.07, 6.45) is 3.03. The van der Waals surface area contributed by atoms with Crippen molar-refractivity contribution in [3.05, 3.63) is 59.9 Å². The van der Waals surface area contributed by atoms with Crippen molar-refractivity contribution in [1.29, 1.82) is 0 Å². The van der Waals surface area contributed by atoms with Crippen LogP contribution in [-0.2, 0) is 5.72 Å². The molecule has 2 aliphatic rings. The Balaban J connectivity index is 1.82. The number of β-amino-alcohol motifs (C(OH)–C–C–N with tert-alkyl or cyclic N) is 1. The average Bonchev–Trinajstić information content (AvgIpc) is 2.96. The van der Waals surface area contributed by atoms with Crippen LogP contribution >= 0.6 is 0 Å². The summed E-state index contributed by atoms with van der Waals surface area (Å²) in [6.45, 7) is 1.18. The van der Waals surface area contributed by atoms with E-state index in [9.17, 15) is 9.50 Å². The van der Waals surface area contributed by atoms with Crippen LogP contribution in [0, 0.1) is 5.82 Å². The highest BCUT2D eigenvalue weighted by Crippen LogP contribution is 2.38. The van der Waals surface area contributed by atoms with E-state index in [4.69, 9.17) is 4.74 Å². The third-order valence-electron chi connectivity index (χ3n) is 5.16. The van der Waals surface area contributed by atoms with E-state index in [-0.39, 0.29) is 5.82 Å². The van der Waals surface area contributed by atoms with E-state index in [1.807, 2.05) is 24.3 Å². The second-order valence-corrected chi connectivity index (χ2v) is 6.61. The Morgan fingerprint density at radius 2 is 1.88 bits per heavy atom. The quantitative estimate of drug-likeness (QED) is 0.872. The Labute approximate surface area is 146 Å². The van der Waals surface area contributed by atoms with Gasteiger partial charge >= 0.3 is 0 Å². The molecule has 0 radical (unpaired) electrons. The molecule has 2 heterocycles. The Morgan fingerprint density at radius 1 is 1.12 bits per heavy atom. The number of methoxy groups -OCH3 is 1.